The quantitative estimate of drug-likeness (QED) is 0.767. The van der Waals surface area contributed by atoms with Crippen molar-refractivity contribution in [3.05, 3.63) is 47.2 Å². The molecule has 0 saturated carbocycles. The number of nitrogens with one attached hydrogen (secondary N) is 2. The Kier molecular flexibility index (Phi) is 3.25. The summed E-state index contributed by atoms with van der Waals surface area (Å²) in [4.78, 5) is 0. The van der Waals surface area contributed by atoms with Gasteiger partial charge in [-0.15, -0.1) is 0 Å². The van der Waals surface area contributed by atoms with E-state index < -0.39 is 0 Å². The molecule has 0 bridgehead atoms. The lowest BCUT2D eigenvalue weighted by Gasteiger charge is -2.30. The molecule has 0 radical (unpaired) electrons. The van der Waals surface area contributed by atoms with Crippen LogP contribution in [0, 0.1) is 0 Å². The molecular formula is C13H16N2S. The fourth-order valence-corrected chi connectivity index (χ4v) is 2.27. The lowest BCUT2D eigenvalue weighted by Crippen LogP contribution is -2.43. The third kappa shape index (κ3) is 2.09. The number of hydrogen-bond donors (Lipinski definition) is 2. The molecule has 1 atom stereocenters. The van der Waals surface area contributed by atoms with Gasteiger partial charge in [0.1, 0.15) is 0 Å². The van der Waals surface area contributed by atoms with Gasteiger partial charge >= 0.3 is 0 Å². The van der Waals surface area contributed by atoms with Crippen LogP contribution in [0.2, 0.25) is 0 Å². The predicted octanol–water partition coefficient (Wildman–Crippen LogP) is 2.89. The Morgan fingerprint density at radius 2 is 1.94 bits per heavy atom. The first kappa shape index (κ1) is 11.1. The second-order valence-electron chi connectivity index (χ2n) is 3.96. The molecule has 2 N–H and O–H groups in total. The predicted molar refractivity (Wildman–Crippen MR) is 71.0 cm³/mol. The Bertz CT molecular complexity index is 423. The van der Waals surface area contributed by atoms with Crippen LogP contribution in [0.1, 0.15) is 31.9 Å². The van der Waals surface area contributed by atoms with E-state index in [4.69, 9.17) is 12.2 Å². The Morgan fingerprint density at radius 1 is 1.25 bits per heavy atom. The zero-order valence-corrected chi connectivity index (χ0v) is 10.4. The summed E-state index contributed by atoms with van der Waals surface area (Å²) in [7, 11) is 0. The maximum absolute atomic E-state index is 5.22. The fraction of sp³-hybridized carbons (Fsp3) is 0.308. The van der Waals surface area contributed by atoms with Crippen molar-refractivity contribution >= 4 is 17.3 Å². The summed E-state index contributed by atoms with van der Waals surface area (Å²) in [5.41, 5.74) is 3.81. The molecule has 3 heteroatoms. The summed E-state index contributed by atoms with van der Waals surface area (Å²) in [6.45, 7) is 4.29. The van der Waals surface area contributed by atoms with Gasteiger partial charge in [0.05, 0.1) is 6.04 Å². The highest BCUT2D eigenvalue weighted by atomic mass is 32.1. The van der Waals surface area contributed by atoms with Crippen molar-refractivity contribution in [2.75, 3.05) is 0 Å². The standard InChI is InChI=1S/C13H16N2S/c1-3-11-9(2)12(15-13(16)14-11)10-7-5-4-6-8-10/h4-8,12H,3H2,1-2H3,(H2,14,15,16). The molecule has 1 unspecified atom stereocenters. The third-order valence-corrected chi connectivity index (χ3v) is 3.16. The number of benzene rings is 1. The van der Waals surface area contributed by atoms with Gasteiger partial charge < -0.3 is 10.6 Å². The van der Waals surface area contributed by atoms with Gasteiger partial charge in [-0.05, 0) is 36.7 Å². The number of rotatable bonds is 2. The second kappa shape index (κ2) is 4.66. The molecule has 1 aromatic carbocycles. The van der Waals surface area contributed by atoms with Crippen LogP contribution in [0.25, 0.3) is 0 Å². The van der Waals surface area contributed by atoms with E-state index in [1.54, 1.807) is 0 Å². The Hall–Kier alpha value is -1.35. The van der Waals surface area contributed by atoms with Crippen molar-refractivity contribution in [3.8, 4) is 0 Å². The summed E-state index contributed by atoms with van der Waals surface area (Å²) in [5, 5.41) is 7.24. The maximum atomic E-state index is 5.22. The number of allylic oxidation sites excluding steroid dienone is 1. The molecule has 0 spiro atoms. The van der Waals surface area contributed by atoms with Crippen molar-refractivity contribution in [3.63, 3.8) is 0 Å². The number of thiocarbonyl (C=S) groups is 1. The average molecular weight is 232 g/mol. The zero-order chi connectivity index (χ0) is 11.5. The maximum Gasteiger partial charge on any atom is 0.171 e. The molecule has 1 aliphatic rings. The molecule has 2 rings (SSSR count). The summed E-state index contributed by atoms with van der Waals surface area (Å²) < 4.78 is 0. The first-order valence-corrected chi connectivity index (χ1v) is 5.95. The van der Waals surface area contributed by atoms with E-state index in [-0.39, 0.29) is 6.04 Å². The molecule has 0 aliphatic carbocycles. The Labute approximate surface area is 102 Å². The molecule has 1 aliphatic heterocycles. The highest BCUT2D eigenvalue weighted by molar-refractivity contribution is 7.80. The van der Waals surface area contributed by atoms with E-state index in [9.17, 15) is 0 Å². The average Bonchev–Trinajstić information content (AvgIpc) is 2.33. The van der Waals surface area contributed by atoms with Gasteiger partial charge in [-0.3, -0.25) is 0 Å². The van der Waals surface area contributed by atoms with E-state index >= 15 is 0 Å². The molecule has 1 aromatic rings. The summed E-state index contributed by atoms with van der Waals surface area (Å²) in [6.07, 6.45) is 0.983. The molecular weight excluding hydrogens is 216 g/mol. The van der Waals surface area contributed by atoms with Gasteiger partial charge in [-0.25, -0.2) is 0 Å². The largest absolute Gasteiger partial charge is 0.352 e. The van der Waals surface area contributed by atoms with Crippen molar-refractivity contribution < 1.29 is 0 Å². The fourth-order valence-electron chi connectivity index (χ4n) is 2.03. The first-order valence-electron chi connectivity index (χ1n) is 5.54. The minimum Gasteiger partial charge on any atom is -0.352 e. The SMILES string of the molecule is CCC1=C(C)C(c2ccccc2)NC(=S)N1. The van der Waals surface area contributed by atoms with Gasteiger partial charge in [0.15, 0.2) is 5.11 Å². The third-order valence-electron chi connectivity index (χ3n) is 2.94. The van der Waals surface area contributed by atoms with Crippen LogP contribution in [-0.2, 0) is 0 Å². The van der Waals surface area contributed by atoms with E-state index in [0.717, 1.165) is 11.5 Å². The van der Waals surface area contributed by atoms with Crippen LogP contribution < -0.4 is 10.6 Å². The molecule has 16 heavy (non-hydrogen) atoms. The van der Waals surface area contributed by atoms with Gasteiger partial charge in [0, 0.05) is 5.70 Å². The van der Waals surface area contributed by atoms with E-state index in [2.05, 4.69) is 48.7 Å². The lowest BCUT2D eigenvalue weighted by atomic mass is 9.96. The van der Waals surface area contributed by atoms with E-state index in [1.807, 2.05) is 6.07 Å². The highest BCUT2D eigenvalue weighted by Gasteiger charge is 2.21. The molecule has 84 valence electrons. The van der Waals surface area contributed by atoms with Gasteiger partial charge in [0.25, 0.3) is 0 Å². The Balaban J connectivity index is 2.37. The van der Waals surface area contributed by atoms with Crippen LogP contribution >= 0.6 is 12.2 Å². The molecule has 0 aromatic heterocycles. The number of hydrogen-bond acceptors (Lipinski definition) is 1. The van der Waals surface area contributed by atoms with E-state index in [0.29, 0.717) is 0 Å². The molecule has 2 nitrogen and oxygen atoms in total. The van der Waals surface area contributed by atoms with E-state index in [1.165, 1.54) is 16.8 Å². The van der Waals surface area contributed by atoms with Gasteiger partial charge in [-0.2, -0.15) is 0 Å². The monoisotopic (exact) mass is 232 g/mol. The van der Waals surface area contributed by atoms with Crippen LogP contribution in [0.3, 0.4) is 0 Å². The van der Waals surface area contributed by atoms with Gasteiger partial charge in [-0.1, -0.05) is 37.3 Å². The Morgan fingerprint density at radius 3 is 2.56 bits per heavy atom. The minimum absolute atomic E-state index is 0.213. The van der Waals surface area contributed by atoms with Crippen LogP contribution in [-0.4, -0.2) is 5.11 Å². The molecule has 1 heterocycles. The molecule has 0 fully saturated rings. The topological polar surface area (TPSA) is 24.1 Å². The van der Waals surface area contributed by atoms with Crippen LogP contribution in [0.5, 0.6) is 0 Å². The van der Waals surface area contributed by atoms with Crippen LogP contribution in [0.4, 0.5) is 0 Å². The summed E-state index contributed by atoms with van der Waals surface area (Å²) in [5.74, 6) is 0. The first-order chi connectivity index (χ1) is 7.72. The van der Waals surface area contributed by atoms with Crippen LogP contribution in [0.15, 0.2) is 41.6 Å². The summed E-state index contributed by atoms with van der Waals surface area (Å²) in [6, 6.07) is 10.6. The van der Waals surface area contributed by atoms with Crippen molar-refractivity contribution in [1.82, 2.24) is 10.6 Å². The second-order valence-corrected chi connectivity index (χ2v) is 4.37. The molecule has 0 amide bonds. The molecule has 0 saturated heterocycles. The highest BCUT2D eigenvalue weighted by Crippen LogP contribution is 2.26. The lowest BCUT2D eigenvalue weighted by molar-refractivity contribution is 0.677. The summed E-state index contributed by atoms with van der Waals surface area (Å²) >= 11 is 5.22. The minimum atomic E-state index is 0.213. The van der Waals surface area contributed by atoms with Crippen molar-refractivity contribution in [1.29, 1.82) is 0 Å². The normalized spacial score (nSPS) is 20.4. The van der Waals surface area contributed by atoms with Gasteiger partial charge in [0.2, 0.25) is 0 Å². The zero-order valence-electron chi connectivity index (χ0n) is 9.58. The van der Waals surface area contributed by atoms with Crippen molar-refractivity contribution in [2.45, 2.75) is 26.3 Å². The smallest absolute Gasteiger partial charge is 0.171 e. The van der Waals surface area contributed by atoms with Crippen molar-refractivity contribution in [2.24, 2.45) is 0 Å².